The highest BCUT2D eigenvalue weighted by Crippen LogP contribution is 2.17. The van der Waals surface area contributed by atoms with Crippen molar-refractivity contribution in [3.63, 3.8) is 0 Å². The van der Waals surface area contributed by atoms with Crippen LogP contribution in [0.2, 0.25) is 0 Å². The molecular weight excluding hydrogens is 340 g/mol. The largest absolute Gasteiger partial charge is 0.325 e. The molecule has 0 spiro atoms. The first kappa shape index (κ1) is 16.7. The lowest BCUT2D eigenvalue weighted by Crippen LogP contribution is -2.30. The van der Waals surface area contributed by atoms with Crippen LogP contribution in [-0.2, 0) is 11.3 Å². The van der Waals surface area contributed by atoms with Crippen molar-refractivity contribution >= 4 is 27.5 Å². The van der Waals surface area contributed by atoms with Crippen LogP contribution in [0, 0.1) is 13.8 Å². The van der Waals surface area contributed by atoms with Crippen molar-refractivity contribution in [3.8, 4) is 0 Å². The molecule has 0 aliphatic rings. The van der Waals surface area contributed by atoms with Gasteiger partial charge in [0, 0.05) is 16.7 Å². The number of hydrogen-bond acceptors (Lipinski definition) is 2. The van der Waals surface area contributed by atoms with Crippen molar-refractivity contribution in [2.45, 2.75) is 20.4 Å². The molecule has 0 bridgehead atoms. The monoisotopic (exact) mass is 360 g/mol. The number of carbonyl (C=O) groups is 1. The first-order valence-corrected chi connectivity index (χ1v) is 8.03. The maximum atomic E-state index is 12.2. The van der Waals surface area contributed by atoms with Gasteiger partial charge < -0.3 is 5.32 Å². The Hall–Kier alpha value is -1.65. The summed E-state index contributed by atoms with van der Waals surface area (Å²) in [5, 5.41) is 2.96. The molecule has 2 aromatic carbocycles. The molecule has 0 unspecified atom stereocenters. The molecule has 1 N–H and O–H groups in total. The second-order valence-electron chi connectivity index (χ2n) is 5.69. The summed E-state index contributed by atoms with van der Waals surface area (Å²) < 4.78 is 1.07. The summed E-state index contributed by atoms with van der Waals surface area (Å²) in [5.74, 6) is -0.000413. The summed E-state index contributed by atoms with van der Waals surface area (Å²) in [5.41, 5.74) is 4.33. The van der Waals surface area contributed by atoms with Gasteiger partial charge in [-0.1, -0.05) is 40.2 Å². The summed E-state index contributed by atoms with van der Waals surface area (Å²) in [4.78, 5) is 14.2. The smallest absolute Gasteiger partial charge is 0.238 e. The van der Waals surface area contributed by atoms with Crippen molar-refractivity contribution in [3.05, 3.63) is 63.6 Å². The van der Waals surface area contributed by atoms with Crippen LogP contribution in [0.1, 0.15) is 16.7 Å². The van der Waals surface area contributed by atoms with Gasteiger partial charge in [0.15, 0.2) is 0 Å². The Morgan fingerprint density at radius 2 is 1.77 bits per heavy atom. The molecule has 4 heteroatoms. The predicted molar refractivity (Wildman–Crippen MR) is 95.0 cm³/mol. The van der Waals surface area contributed by atoms with E-state index in [4.69, 9.17) is 0 Å². The van der Waals surface area contributed by atoms with Crippen LogP contribution in [-0.4, -0.2) is 24.4 Å². The van der Waals surface area contributed by atoms with Gasteiger partial charge in [0.2, 0.25) is 5.91 Å². The Kier molecular flexibility index (Phi) is 5.75. The standard InChI is InChI=1S/C18H21BrN2O/c1-13-8-14(2)10-16(9-13)20-18(22)12-21(3)11-15-6-4-5-7-17(15)19/h4-10H,11-12H2,1-3H3,(H,20,22). The molecule has 1 amide bonds. The molecule has 0 saturated heterocycles. The fourth-order valence-electron chi connectivity index (χ4n) is 2.47. The zero-order valence-corrected chi connectivity index (χ0v) is 14.8. The van der Waals surface area contributed by atoms with Gasteiger partial charge in [-0.25, -0.2) is 0 Å². The number of nitrogens with zero attached hydrogens (tertiary/aromatic N) is 1. The lowest BCUT2D eigenvalue weighted by Gasteiger charge is -2.17. The molecule has 0 radical (unpaired) electrons. The maximum absolute atomic E-state index is 12.2. The van der Waals surface area contributed by atoms with E-state index in [0.29, 0.717) is 6.54 Å². The van der Waals surface area contributed by atoms with E-state index in [1.165, 1.54) is 5.56 Å². The van der Waals surface area contributed by atoms with Crippen molar-refractivity contribution in [2.75, 3.05) is 18.9 Å². The number of nitrogens with one attached hydrogen (secondary N) is 1. The summed E-state index contributed by atoms with van der Waals surface area (Å²) >= 11 is 3.53. The summed E-state index contributed by atoms with van der Waals surface area (Å²) in [6, 6.07) is 14.1. The van der Waals surface area contributed by atoms with Crippen molar-refractivity contribution in [1.82, 2.24) is 4.90 Å². The van der Waals surface area contributed by atoms with Gasteiger partial charge in [0.25, 0.3) is 0 Å². The van der Waals surface area contributed by atoms with Crippen molar-refractivity contribution < 1.29 is 4.79 Å². The minimum atomic E-state index is -0.000413. The second kappa shape index (κ2) is 7.56. The van der Waals surface area contributed by atoms with Crippen molar-refractivity contribution in [1.29, 1.82) is 0 Å². The third-order valence-corrected chi connectivity index (χ3v) is 4.09. The van der Waals surface area contributed by atoms with Crippen LogP contribution in [0.3, 0.4) is 0 Å². The number of anilines is 1. The second-order valence-corrected chi connectivity index (χ2v) is 6.54. The molecule has 2 rings (SSSR count). The van der Waals surface area contributed by atoms with Crippen LogP contribution >= 0.6 is 15.9 Å². The van der Waals surface area contributed by atoms with Crippen LogP contribution in [0.25, 0.3) is 0 Å². The molecule has 0 heterocycles. The van der Waals surface area contributed by atoms with Crippen LogP contribution < -0.4 is 5.32 Å². The molecule has 0 atom stereocenters. The Morgan fingerprint density at radius 1 is 1.14 bits per heavy atom. The minimum Gasteiger partial charge on any atom is -0.325 e. The molecule has 116 valence electrons. The SMILES string of the molecule is Cc1cc(C)cc(NC(=O)CN(C)Cc2ccccc2Br)c1. The fourth-order valence-corrected chi connectivity index (χ4v) is 2.88. The van der Waals surface area contributed by atoms with E-state index < -0.39 is 0 Å². The molecule has 2 aromatic rings. The number of halogens is 1. The van der Waals surface area contributed by atoms with E-state index in [9.17, 15) is 4.79 Å². The average Bonchev–Trinajstić information content (AvgIpc) is 2.39. The van der Waals surface area contributed by atoms with Gasteiger partial charge >= 0.3 is 0 Å². The first-order chi connectivity index (χ1) is 10.4. The first-order valence-electron chi connectivity index (χ1n) is 7.24. The fraction of sp³-hybridized carbons (Fsp3) is 0.278. The molecule has 0 fully saturated rings. The van der Waals surface area contributed by atoms with E-state index in [1.807, 2.05) is 56.1 Å². The van der Waals surface area contributed by atoms with Gasteiger partial charge in [-0.3, -0.25) is 9.69 Å². The number of aryl methyl sites for hydroxylation is 2. The Morgan fingerprint density at radius 3 is 2.41 bits per heavy atom. The van der Waals surface area contributed by atoms with E-state index in [2.05, 4.69) is 33.4 Å². The number of rotatable bonds is 5. The molecule has 3 nitrogen and oxygen atoms in total. The number of amides is 1. The quantitative estimate of drug-likeness (QED) is 0.868. The highest BCUT2D eigenvalue weighted by atomic mass is 79.9. The predicted octanol–water partition coefficient (Wildman–Crippen LogP) is 4.14. The third kappa shape index (κ3) is 4.97. The number of hydrogen-bond donors (Lipinski definition) is 1. The Balaban J connectivity index is 1.92. The molecule has 0 aliphatic heterocycles. The van der Waals surface area contributed by atoms with Gasteiger partial charge in [-0.15, -0.1) is 0 Å². The maximum Gasteiger partial charge on any atom is 0.238 e. The van der Waals surface area contributed by atoms with Crippen LogP contribution in [0.4, 0.5) is 5.69 Å². The topological polar surface area (TPSA) is 32.3 Å². The van der Waals surface area contributed by atoms with Gasteiger partial charge in [0.05, 0.1) is 6.54 Å². The Labute approximate surface area is 140 Å². The van der Waals surface area contributed by atoms with Crippen molar-refractivity contribution in [2.24, 2.45) is 0 Å². The molecule has 22 heavy (non-hydrogen) atoms. The molecule has 0 aliphatic carbocycles. The lowest BCUT2D eigenvalue weighted by molar-refractivity contribution is -0.117. The van der Waals surface area contributed by atoms with E-state index in [0.717, 1.165) is 27.8 Å². The molecule has 0 aromatic heterocycles. The van der Waals surface area contributed by atoms with E-state index in [-0.39, 0.29) is 5.91 Å². The van der Waals surface area contributed by atoms with E-state index >= 15 is 0 Å². The summed E-state index contributed by atoms with van der Waals surface area (Å²) in [7, 11) is 1.94. The zero-order valence-electron chi connectivity index (χ0n) is 13.2. The average molecular weight is 361 g/mol. The number of likely N-dealkylation sites (N-methyl/N-ethyl adjacent to an activating group) is 1. The van der Waals surface area contributed by atoms with Gasteiger partial charge in [-0.2, -0.15) is 0 Å². The number of benzene rings is 2. The van der Waals surface area contributed by atoms with Crippen LogP contribution in [0.5, 0.6) is 0 Å². The summed E-state index contributed by atoms with van der Waals surface area (Å²) in [6.45, 7) is 5.14. The third-order valence-electron chi connectivity index (χ3n) is 3.32. The highest BCUT2D eigenvalue weighted by Gasteiger charge is 2.09. The zero-order chi connectivity index (χ0) is 16.1. The lowest BCUT2D eigenvalue weighted by atomic mass is 10.1. The minimum absolute atomic E-state index is 0.000413. The highest BCUT2D eigenvalue weighted by molar-refractivity contribution is 9.10. The van der Waals surface area contributed by atoms with Gasteiger partial charge in [0.1, 0.15) is 0 Å². The van der Waals surface area contributed by atoms with Crippen LogP contribution in [0.15, 0.2) is 46.9 Å². The number of carbonyl (C=O) groups excluding carboxylic acids is 1. The molecule has 0 saturated carbocycles. The summed E-state index contributed by atoms with van der Waals surface area (Å²) in [6.07, 6.45) is 0. The van der Waals surface area contributed by atoms with Gasteiger partial charge in [-0.05, 0) is 55.8 Å². The van der Waals surface area contributed by atoms with E-state index in [1.54, 1.807) is 0 Å². The molecular formula is C18H21BrN2O. The Bertz CT molecular complexity index is 650. The normalized spacial score (nSPS) is 10.8.